The van der Waals surface area contributed by atoms with Crippen molar-refractivity contribution in [3.63, 3.8) is 0 Å². The molecular formula is C16H14BrClN2OS. The lowest BCUT2D eigenvalue weighted by Gasteiger charge is -2.16. The van der Waals surface area contributed by atoms with E-state index in [0.717, 1.165) is 32.9 Å². The lowest BCUT2D eigenvalue weighted by Crippen LogP contribution is -2.28. The average Bonchev–Trinajstić information content (AvgIpc) is 2.90. The van der Waals surface area contributed by atoms with Crippen LogP contribution in [0.25, 0.3) is 11.3 Å². The molecule has 1 aromatic carbocycles. The molecule has 2 aromatic rings. The summed E-state index contributed by atoms with van der Waals surface area (Å²) in [7, 11) is 0. The summed E-state index contributed by atoms with van der Waals surface area (Å²) in [6, 6.07) is 9.61. The Bertz CT molecular complexity index is 738. The topological polar surface area (TPSA) is 33.2 Å². The van der Waals surface area contributed by atoms with Crippen molar-refractivity contribution in [2.24, 2.45) is 0 Å². The van der Waals surface area contributed by atoms with E-state index in [2.05, 4.69) is 15.9 Å². The maximum Gasteiger partial charge on any atom is 0.228 e. The number of fused-ring (bicyclic) bond motifs is 1. The summed E-state index contributed by atoms with van der Waals surface area (Å²) in [4.78, 5) is 19.7. The Hall–Kier alpha value is -1.04. The molecule has 114 valence electrons. The molecule has 1 amide bonds. The van der Waals surface area contributed by atoms with Gasteiger partial charge >= 0.3 is 0 Å². The van der Waals surface area contributed by atoms with Crippen LogP contribution in [0.1, 0.15) is 19.8 Å². The molecule has 0 bridgehead atoms. The highest BCUT2D eigenvalue weighted by Crippen LogP contribution is 2.43. The molecule has 6 heteroatoms. The number of amides is 1. The van der Waals surface area contributed by atoms with Gasteiger partial charge in [0.2, 0.25) is 5.91 Å². The van der Waals surface area contributed by atoms with Gasteiger partial charge in [-0.2, -0.15) is 0 Å². The summed E-state index contributed by atoms with van der Waals surface area (Å²) in [5, 5.41) is 0.646. The minimum atomic E-state index is 0.119. The number of benzene rings is 1. The third-order valence-electron chi connectivity index (χ3n) is 3.42. The maximum atomic E-state index is 12.2. The second-order valence-electron chi connectivity index (χ2n) is 4.97. The monoisotopic (exact) mass is 396 g/mol. The largest absolute Gasteiger partial charge is 0.286 e. The third-order valence-corrected chi connectivity index (χ3v) is 5.35. The zero-order chi connectivity index (χ0) is 15.7. The molecule has 0 unspecified atom stereocenters. The summed E-state index contributed by atoms with van der Waals surface area (Å²) in [6.45, 7) is 2.01. The average molecular weight is 398 g/mol. The number of rotatable bonds is 3. The van der Waals surface area contributed by atoms with E-state index in [1.165, 1.54) is 0 Å². The zero-order valence-electron chi connectivity index (χ0n) is 12.0. The second-order valence-corrected chi connectivity index (χ2v) is 7.21. The van der Waals surface area contributed by atoms with Crippen LogP contribution in [0.2, 0.25) is 5.02 Å². The van der Waals surface area contributed by atoms with E-state index in [4.69, 9.17) is 16.6 Å². The molecule has 0 atom stereocenters. The highest BCUT2D eigenvalue weighted by atomic mass is 79.9. The van der Waals surface area contributed by atoms with Crippen LogP contribution in [0.3, 0.4) is 0 Å². The van der Waals surface area contributed by atoms with Crippen LogP contribution < -0.4 is 4.90 Å². The third kappa shape index (κ3) is 2.90. The molecule has 1 aliphatic rings. The number of nitrogens with zero attached hydrogens (tertiary/aromatic N) is 2. The van der Waals surface area contributed by atoms with Gasteiger partial charge in [0.1, 0.15) is 0 Å². The maximum absolute atomic E-state index is 12.2. The predicted octanol–water partition coefficient (Wildman–Crippen LogP) is 5.36. The first-order chi connectivity index (χ1) is 10.6. The molecule has 0 spiro atoms. The van der Waals surface area contributed by atoms with Crippen molar-refractivity contribution in [1.29, 1.82) is 0 Å². The zero-order valence-corrected chi connectivity index (χ0v) is 15.1. The highest BCUT2D eigenvalue weighted by Gasteiger charge is 2.28. The smallest absolute Gasteiger partial charge is 0.228 e. The SMILES string of the molecule is CCCC(=O)N1CSc2cc(Br)c(-c3ccccc3Cl)nc21. The first-order valence-electron chi connectivity index (χ1n) is 7.00. The molecule has 2 heterocycles. The predicted molar refractivity (Wildman–Crippen MR) is 95.5 cm³/mol. The van der Waals surface area contributed by atoms with Crippen molar-refractivity contribution in [1.82, 2.24) is 4.98 Å². The van der Waals surface area contributed by atoms with Crippen molar-refractivity contribution in [3.05, 3.63) is 39.8 Å². The fraction of sp³-hybridized carbons (Fsp3) is 0.250. The first-order valence-corrected chi connectivity index (χ1v) is 9.16. The Morgan fingerprint density at radius 1 is 1.45 bits per heavy atom. The summed E-state index contributed by atoms with van der Waals surface area (Å²) >= 11 is 11.5. The van der Waals surface area contributed by atoms with Gasteiger partial charge in [-0.15, -0.1) is 11.8 Å². The van der Waals surface area contributed by atoms with Gasteiger partial charge in [-0.3, -0.25) is 9.69 Å². The van der Waals surface area contributed by atoms with Crippen LogP contribution in [0.4, 0.5) is 5.82 Å². The van der Waals surface area contributed by atoms with Crippen LogP contribution >= 0.6 is 39.3 Å². The Kier molecular flexibility index (Phi) is 4.76. The molecule has 0 saturated carbocycles. The van der Waals surface area contributed by atoms with Gasteiger partial charge < -0.3 is 0 Å². The molecule has 0 aliphatic carbocycles. The van der Waals surface area contributed by atoms with Gasteiger partial charge in [0.05, 0.1) is 16.5 Å². The van der Waals surface area contributed by atoms with E-state index in [0.29, 0.717) is 17.3 Å². The van der Waals surface area contributed by atoms with Crippen LogP contribution in [0, 0.1) is 0 Å². The lowest BCUT2D eigenvalue weighted by molar-refractivity contribution is -0.118. The Morgan fingerprint density at radius 3 is 2.95 bits per heavy atom. The molecule has 0 N–H and O–H groups in total. The number of carbonyl (C=O) groups is 1. The van der Waals surface area contributed by atoms with Gasteiger partial charge in [-0.1, -0.05) is 36.7 Å². The Balaban J connectivity index is 2.07. The minimum absolute atomic E-state index is 0.119. The number of halogens is 2. The highest BCUT2D eigenvalue weighted by molar-refractivity contribution is 9.10. The van der Waals surface area contributed by atoms with E-state index in [1.54, 1.807) is 16.7 Å². The fourth-order valence-electron chi connectivity index (χ4n) is 2.34. The number of thioether (sulfide) groups is 1. The summed E-state index contributed by atoms with van der Waals surface area (Å²) in [5.41, 5.74) is 1.62. The molecule has 22 heavy (non-hydrogen) atoms. The molecule has 1 aliphatic heterocycles. The summed E-state index contributed by atoms with van der Waals surface area (Å²) in [6.07, 6.45) is 1.38. The fourth-order valence-corrected chi connectivity index (χ4v) is 4.27. The molecule has 0 fully saturated rings. The van der Waals surface area contributed by atoms with E-state index in [1.807, 2.05) is 37.3 Å². The van der Waals surface area contributed by atoms with Crippen molar-refractivity contribution in [3.8, 4) is 11.3 Å². The first kappa shape index (κ1) is 15.8. The van der Waals surface area contributed by atoms with E-state index in [-0.39, 0.29) is 5.91 Å². The summed E-state index contributed by atoms with van der Waals surface area (Å²) in [5.74, 6) is 1.48. The number of anilines is 1. The standard InChI is InChI=1S/C16H14BrClN2OS/c1-2-5-14(21)20-9-22-13-8-11(17)15(19-16(13)20)10-6-3-4-7-12(10)18/h3-4,6-8H,2,5,9H2,1H3. The number of carbonyl (C=O) groups excluding carboxylic acids is 1. The molecule has 3 nitrogen and oxygen atoms in total. The van der Waals surface area contributed by atoms with Gasteiger partial charge in [0.15, 0.2) is 5.82 Å². The Morgan fingerprint density at radius 2 is 2.23 bits per heavy atom. The summed E-state index contributed by atoms with van der Waals surface area (Å²) < 4.78 is 0.886. The quantitative estimate of drug-likeness (QED) is 0.699. The van der Waals surface area contributed by atoms with Gasteiger partial charge in [-0.05, 0) is 34.5 Å². The van der Waals surface area contributed by atoms with Crippen LogP contribution in [-0.2, 0) is 4.79 Å². The van der Waals surface area contributed by atoms with Crippen LogP contribution in [0.15, 0.2) is 39.7 Å². The van der Waals surface area contributed by atoms with Crippen molar-refractivity contribution in [2.75, 3.05) is 10.8 Å². The second kappa shape index (κ2) is 6.60. The molecular weight excluding hydrogens is 384 g/mol. The molecule has 3 rings (SSSR count). The van der Waals surface area contributed by atoms with Crippen molar-refractivity contribution in [2.45, 2.75) is 24.7 Å². The van der Waals surface area contributed by atoms with Gasteiger partial charge in [-0.25, -0.2) is 4.98 Å². The van der Waals surface area contributed by atoms with Gasteiger partial charge in [0.25, 0.3) is 0 Å². The number of hydrogen-bond donors (Lipinski definition) is 0. The number of pyridine rings is 1. The van der Waals surface area contributed by atoms with Crippen LogP contribution in [0.5, 0.6) is 0 Å². The molecule has 1 aromatic heterocycles. The van der Waals surface area contributed by atoms with E-state index in [9.17, 15) is 4.79 Å². The van der Waals surface area contributed by atoms with Crippen molar-refractivity contribution < 1.29 is 4.79 Å². The Labute approximate surface area is 147 Å². The normalized spacial score (nSPS) is 13.3. The number of hydrogen-bond acceptors (Lipinski definition) is 3. The lowest BCUT2D eigenvalue weighted by atomic mass is 10.1. The van der Waals surface area contributed by atoms with Crippen molar-refractivity contribution >= 4 is 51.0 Å². The molecule has 0 radical (unpaired) electrons. The minimum Gasteiger partial charge on any atom is -0.286 e. The molecule has 0 saturated heterocycles. The van der Waals surface area contributed by atoms with E-state index < -0.39 is 0 Å². The number of aromatic nitrogens is 1. The van der Waals surface area contributed by atoms with Gasteiger partial charge in [0, 0.05) is 21.5 Å². The van der Waals surface area contributed by atoms with Crippen LogP contribution in [-0.4, -0.2) is 16.8 Å². The van der Waals surface area contributed by atoms with E-state index >= 15 is 0 Å².